The van der Waals surface area contributed by atoms with Crippen molar-refractivity contribution < 1.29 is 15.3 Å². The molecule has 0 aliphatic heterocycles. The summed E-state index contributed by atoms with van der Waals surface area (Å²) < 4.78 is 0. The summed E-state index contributed by atoms with van der Waals surface area (Å²) in [6.45, 7) is 10.5. The van der Waals surface area contributed by atoms with Crippen LogP contribution in [0.25, 0.3) is 22.3 Å². The number of phenols is 3. The van der Waals surface area contributed by atoms with E-state index in [1.165, 1.54) is 75.3 Å². The molecule has 3 nitrogen and oxygen atoms in total. The average Bonchev–Trinajstić information content (AvgIpc) is 2.88. The Morgan fingerprint density at radius 1 is 0.474 bits per heavy atom. The van der Waals surface area contributed by atoms with Crippen LogP contribution in [-0.4, -0.2) is 15.3 Å². The zero-order valence-corrected chi connectivity index (χ0v) is 23.9. The SMILES string of the molecule is Cc1ccc(O)c(-c2c(O)cc(C)c(C3CCCCC3)c2C)c1-c1c(O)cc(C)c(C2CCCCC2)c1C. The van der Waals surface area contributed by atoms with Gasteiger partial charge >= 0.3 is 0 Å². The molecule has 0 unspecified atom stereocenters. The first-order valence-electron chi connectivity index (χ1n) is 14.7. The Morgan fingerprint density at radius 3 is 1.34 bits per heavy atom. The van der Waals surface area contributed by atoms with Crippen LogP contribution in [0.1, 0.15) is 115 Å². The van der Waals surface area contributed by atoms with Crippen molar-refractivity contribution in [1.82, 2.24) is 0 Å². The predicted octanol–water partition coefficient (Wildman–Crippen LogP) is 9.77. The fourth-order valence-electron chi connectivity index (χ4n) is 7.90. The maximum absolute atomic E-state index is 11.4. The van der Waals surface area contributed by atoms with Gasteiger partial charge in [0, 0.05) is 22.3 Å². The molecule has 38 heavy (non-hydrogen) atoms. The molecule has 0 heterocycles. The number of hydrogen-bond acceptors (Lipinski definition) is 3. The van der Waals surface area contributed by atoms with E-state index in [-0.39, 0.29) is 17.2 Å². The topological polar surface area (TPSA) is 60.7 Å². The van der Waals surface area contributed by atoms with Gasteiger partial charge in [-0.1, -0.05) is 44.6 Å². The monoisotopic (exact) mass is 512 g/mol. The summed E-state index contributed by atoms with van der Waals surface area (Å²) in [4.78, 5) is 0. The third kappa shape index (κ3) is 4.59. The van der Waals surface area contributed by atoms with Crippen molar-refractivity contribution in [3.63, 3.8) is 0 Å². The van der Waals surface area contributed by atoms with Gasteiger partial charge in [-0.15, -0.1) is 0 Å². The summed E-state index contributed by atoms with van der Waals surface area (Å²) in [6.07, 6.45) is 12.3. The Kier molecular flexibility index (Phi) is 7.49. The van der Waals surface area contributed by atoms with Crippen molar-refractivity contribution in [1.29, 1.82) is 0 Å². The molecular weight excluding hydrogens is 468 g/mol. The summed E-state index contributed by atoms with van der Waals surface area (Å²) in [7, 11) is 0. The number of benzene rings is 3. The van der Waals surface area contributed by atoms with Crippen molar-refractivity contribution in [3.8, 4) is 39.5 Å². The lowest BCUT2D eigenvalue weighted by Gasteiger charge is -2.29. The molecule has 0 bridgehead atoms. The second-order valence-corrected chi connectivity index (χ2v) is 12.1. The molecule has 202 valence electrons. The minimum atomic E-state index is 0.140. The maximum Gasteiger partial charge on any atom is 0.124 e. The largest absolute Gasteiger partial charge is 0.507 e. The maximum atomic E-state index is 11.4. The van der Waals surface area contributed by atoms with Gasteiger partial charge in [0.2, 0.25) is 0 Å². The van der Waals surface area contributed by atoms with Crippen LogP contribution in [0.5, 0.6) is 17.2 Å². The standard InChI is InChI=1S/C35H44O3/c1-20-16-17-27(36)35(34-24(5)31(22(3)19-29(34)38)26-14-10-7-11-15-26)32(20)33-23(4)30(21(2)18-28(33)37)25-12-8-6-9-13-25/h16-19,25-26,36-38H,6-15H2,1-5H3. The lowest BCUT2D eigenvalue weighted by atomic mass is 9.75. The van der Waals surface area contributed by atoms with E-state index in [1.54, 1.807) is 6.07 Å². The highest BCUT2D eigenvalue weighted by molar-refractivity contribution is 5.96. The zero-order chi connectivity index (χ0) is 27.1. The van der Waals surface area contributed by atoms with Gasteiger partial charge in [-0.2, -0.15) is 0 Å². The molecule has 2 saturated carbocycles. The van der Waals surface area contributed by atoms with E-state index in [9.17, 15) is 15.3 Å². The number of rotatable bonds is 4. The van der Waals surface area contributed by atoms with Gasteiger partial charge < -0.3 is 15.3 Å². The second kappa shape index (κ2) is 10.7. The number of hydrogen-bond donors (Lipinski definition) is 3. The third-order valence-corrected chi connectivity index (χ3v) is 9.54. The molecule has 0 spiro atoms. The Labute approximate surface area is 228 Å². The van der Waals surface area contributed by atoms with E-state index in [4.69, 9.17) is 0 Å². The summed E-state index contributed by atoms with van der Waals surface area (Å²) >= 11 is 0. The minimum Gasteiger partial charge on any atom is -0.507 e. The van der Waals surface area contributed by atoms with Crippen LogP contribution >= 0.6 is 0 Å². The first-order valence-corrected chi connectivity index (χ1v) is 14.7. The van der Waals surface area contributed by atoms with Gasteiger partial charge in [-0.3, -0.25) is 0 Å². The first kappa shape index (κ1) is 26.7. The van der Waals surface area contributed by atoms with Crippen LogP contribution in [0, 0.1) is 34.6 Å². The Balaban J connectivity index is 1.78. The molecular formula is C35H44O3. The number of aryl methyl sites for hydroxylation is 3. The lowest BCUT2D eigenvalue weighted by Crippen LogP contribution is -2.10. The molecule has 2 aliphatic carbocycles. The smallest absolute Gasteiger partial charge is 0.124 e. The summed E-state index contributed by atoms with van der Waals surface area (Å²) in [5.41, 5.74) is 11.0. The first-order chi connectivity index (χ1) is 18.2. The molecule has 0 amide bonds. The van der Waals surface area contributed by atoms with Crippen LogP contribution < -0.4 is 0 Å². The van der Waals surface area contributed by atoms with E-state index in [0.29, 0.717) is 23.0 Å². The molecule has 3 aromatic rings. The number of aromatic hydroxyl groups is 3. The third-order valence-electron chi connectivity index (χ3n) is 9.54. The molecule has 3 heteroatoms. The molecule has 5 rings (SSSR count). The summed E-state index contributed by atoms with van der Waals surface area (Å²) in [6, 6.07) is 7.45. The molecule has 3 N–H and O–H groups in total. The van der Waals surface area contributed by atoms with Gasteiger partial charge in [0.1, 0.15) is 17.2 Å². The normalized spacial score (nSPS) is 17.2. The second-order valence-electron chi connectivity index (χ2n) is 12.1. The van der Waals surface area contributed by atoms with Crippen LogP contribution in [0.2, 0.25) is 0 Å². The lowest BCUT2D eigenvalue weighted by molar-refractivity contribution is 0.438. The van der Waals surface area contributed by atoms with Gasteiger partial charge in [-0.05, 0) is 129 Å². The van der Waals surface area contributed by atoms with E-state index >= 15 is 0 Å². The molecule has 0 aromatic heterocycles. The predicted molar refractivity (Wildman–Crippen MR) is 158 cm³/mol. The molecule has 0 saturated heterocycles. The van der Waals surface area contributed by atoms with Gasteiger partial charge in [0.05, 0.1) is 0 Å². The quantitative estimate of drug-likeness (QED) is 0.326. The van der Waals surface area contributed by atoms with Crippen LogP contribution in [0.4, 0.5) is 0 Å². The summed E-state index contributed by atoms with van der Waals surface area (Å²) in [5.74, 6) is 1.55. The van der Waals surface area contributed by atoms with E-state index in [1.807, 2.05) is 25.1 Å². The van der Waals surface area contributed by atoms with Crippen molar-refractivity contribution >= 4 is 0 Å². The van der Waals surface area contributed by atoms with Crippen LogP contribution in [-0.2, 0) is 0 Å². The van der Waals surface area contributed by atoms with E-state index < -0.39 is 0 Å². The van der Waals surface area contributed by atoms with Gasteiger partial charge in [0.25, 0.3) is 0 Å². The molecule has 2 aliphatic rings. The average molecular weight is 513 g/mol. The van der Waals surface area contributed by atoms with Gasteiger partial charge in [0.15, 0.2) is 0 Å². The fourth-order valence-corrected chi connectivity index (χ4v) is 7.90. The Bertz CT molecular complexity index is 1250. The zero-order valence-electron chi connectivity index (χ0n) is 23.9. The highest BCUT2D eigenvalue weighted by Gasteiger charge is 2.29. The van der Waals surface area contributed by atoms with Crippen molar-refractivity contribution in [3.05, 3.63) is 63.2 Å². The Hall–Kier alpha value is -2.94. The fraction of sp³-hybridized carbons (Fsp3) is 0.486. The molecule has 3 aromatic carbocycles. The molecule has 0 radical (unpaired) electrons. The van der Waals surface area contributed by atoms with Crippen molar-refractivity contribution in [2.75, 3.05) is 0 Å². The van der Waals surface area contributed by atoms with Crippen molar-refractivity contribution in [2.24, 2.45) is 0 Å². The van der Waals surface area contributed by atoms with Crippen LogP contribution in [0.3, 0.4) is 0 Å². The Morgan fingerprint density at radius 2 is 0.895 bits per heavy atom. The molecule has 0 atom stereocenters. The van der Waals surface area contributed by atoms with Crippen molar-refractivity contribution in [2.45, 2.75) is 111 Å². The highest BCUT2D eigenvalue weighted by atomic mass is 16.3. The highest BCUT2D eigenvalue weighted by Crippen LogP contribution is 2.52. The number of phenolic OH excluding ortho intramolecular Hbond substituents is 3. The molecule has 2 fully saturated rings. The van der Waals surface area contributed by atoms with Gasteiger partial charge in [-0.25, -0.2) is 0 Å². The summed E-state index contributed by atoms with van der Waals surface area (Å²) in [5, 5.41) is 34.2. The minimum absolute atomic E-state index is 0.140. The van der Waals surface area contributed by atoms with E-state index in [0.717, 1.165) is 38.9 Å². The van der Waals surface area contributed by atoms with E-state index in [2.05, 4.69) is 27.7 Å². The van der Waals surface area contributed by atoms with Crippen LogP contribution in [0.15, 0.2) is 24.3 Å².